The summed E-state index contributed by atoms with van der Waals surface area (Å²) in [5.41, 5.74) is 8.26. The number of ether oxygens (including phenoxy) is 3. The molecule has 2 aromatic rings. The van der Waals surface area contributed by atoms with E-state index in [0.717, 1.165) is 13.1 Å². The summed E-state index contributed by atoms with van der Waals surface area (Å²) in [4.78, 5) is 60.1. The minimum absolute atomic E-state index is 0.0849. The molecule has 1 fully saturated rings. The van der Waals surface area contributed by atoms with Crippen molar-refractivity contribution in [2.45, 2.75) is 44.8 Å². The highest BCUT2D eigenvalue weighted by Crippen LogP contribution is 2.42. The third-order valence-electron chi connectivity index (χ3n) is 9.41. The fourth-order valence-corrected chi connectivity index (χ4v) is 6.19. The van der Waals surface area contributed by atoms with Gasteiger partial charge in [0.05, 0.1) is 36.8 Å². The van der Waals surface area contributed by atoms with Crippen LogP contribution in [0.1, 0.15) is 49.5 Å². The van der Waals surface area contributed by atoms with E-state index in [1.54, 1.807) is 0 Å². The number of anilines is 1. The molecule has 0 aliphatic carbocycles. The second-order valence-corrected chi connectivity index (χ2v) is 13.5. The Balaban J connectivity index is 1.06. The first-order valence-electron chi connectivity index (χ1n) is 17.9. The molecule has 4 heterocycles. The Morgan fingerprint density at radius 2 is 1.89 bits per heavy atom. The zero-order chi connectivity index (χ0) is 38.0. The normalized spacial score (nSPS) is 17.2. The number of amides is 3. The summed E-state index contributed by atoms with van der Waals surface area (Å²) < 4.78 is 34.5. The molecule has 0 spiro atoms. The Morgan fingerprint density at radius 1 is 1.13 bits per heavy atom. The number of pyridine rings is 1. The van der Waals surface area contributed by atoms with Crippen molar-refractivity contribution in [1.82, 2.24) is 25.0 Å². The highest BCUT2D eigenvalue weighted by molar-refractivity contribution is 6.00. The van der Waals surface area contributed by atoms with Crippen LogP contribution in [-0.2, 0) is 19.1 Å². The Hall–Kier alpha value is -4.84. The average Bonchev–Trinajstić information content (AvgIpc) is 3.88. The Bertz CT molecular complexity index is 1780. The summed E-state index contributed by atoms with van der Waals surface area (Å²) in [7, 11) is 2.01. The number of nitrogens with zero attached hydrogens (tertiary/aromatic N) is 9. The number of carbonyl (C=O) groups is 3. The van der Waals surface area contributed by atoms with Crippen molar-refractivity contribution in [2.24, 2.45) is 15.3 Å². The van der Waals surface area contributed by atoms with Crippen molar-refractivity contribution in [3.8, 4) is 5.75 Å². The molecule has 0 bridgehead atoms. The smallest absolute Gasteiger partial charge is 0.256 e. The number of nitrogens with one attached hydrogen (secondary N) is 2. The van der Waals surface area contributed by atoms with E-state index < -0.39 is 22.8 Å². The predicted molar refractivity (Wildman–Crippen MR) is 193 cm³/mol. The fraction of sp³-hybridized carbons (Fsp3) is 0.647. The molecule has 19 heteroatoms. The van der Waals surface area contributed by atoms with Gasteiger partial charge in [0.15, 0.2) is 17.2 Å². The highest BCUT2D eigenvalue weighted by atomic mass is 19.1. The summed E-state index contributed by atoms with van der Waals surface area (Å²) in [6.07, 6.45) is 2.66. The third-order valence-corrected chi connectivity index (χ3v) is 9.41. The van der Waals surface area contributed by atoms with Gasteiger partial charge in [-0.25, -0.2) is 4.39 Å². The van der Waals surface area contributed by atoms with Crippen molar-refractivity contribution in [3.63, 3.8) is 0 Å². The van der Waals surface area contributed by atoms with Crippen molar-refractivity contribution < 1.29 is 33.0 Å². The van der Waals surface area contributed by atoms with E-state index in [4.69, 9.17) is 19.7 Å². The topological polar surface area (TPSA) is 208 Å². The molecule has 1 atom stereocenters. The van der Waals surface area contributed by atoms with E-state index in [-0.39, 0.29) is 87.9 Å². The minimum atomic E-state index is -0.604. The zero-order valence-corrected chi connectivity index (χ0v) is 30.5. The van der Waals surface area contributed by atoms with Crippen LogP contribution in [0.5, 0.6) is 5.75 Å². The molecule has 0 radical (unpaired) electrons. The lowest BCUT2D eigenvalue weighted by molar-refractivity contribution is -0.137. The van der Waals surface area contributed by atoms with Crippen LogP contribution in [0.2, 0.25) is 0 Å². The molecule has 53 heavy (non-hydrogen) atoms. The zero-order valence-electron chi connectivity index (χ0n) is 30.5. The maximum Gasteiger partial charge on any atom is 0.256 e. The van der Waals surface area contributed by atoms with Crippen molar-refractivity contribution in [2.75, 3.05) is 104 Å². The average molecular weight is 742 g/mol. The van der Waals surface area contributed by atoms with E-state index in [0.29, 0.717) is 56.0 Å². The summed E-state index contributed by atoms with van der Waals surface area (Å²) in [6, 6.07) is 1.02. The van der Waals surface area contributed by atoms with Crippen molar-refractivity contribution in [1.29, 1.82) is 0 Å². The second kappa shape index (κ2) is 18.3. The quantitative estimate of drug-likeness (QED) is 0.0882. The largest absolute Gasteiger partial charge is 0.487 e. The molecule has 1 aromatic carbocycles. The van der Waals surface area contributed by atoms with Crippen LogP contribution in [0.15, 0.2) is 32.4 Å². The number of rotatable bonds is 20. The van der Waals surface area contributed by atoms with Crippen LogP contribution < -0.4 is 25.7 Å². The summed E-state index contributed by atoms with van der Waals surface area (Å²) in [6.45, 7) is 8.16. The number of likely N-dealkylation sites (N-methyl/N-ethyl adjacent to an activating group) is 1. The van der Waals surface area contributed by atoms with Gasteiger partial charge in [0.25, 0.3) is 5.91 Å². The van der Waals surface area contributed by atoms with E-state index in [1.165, 1.54) is 17.2 Å². The van der Waals surface area contributed by atoms with Gasteiger partial charge in [-0.05, 0) is 38.9 Å². The number of hydrogen-bond donors (Lipinski definition) is 2. The van der Waals surface area contributed by atoms with Gasteiger partial charge in [-0.3, -0.25) is 19.2 Å². The number of piperazine rings is 1. The van der Waals surface area contributed by atoms with Gasteiger partial charge in [-0.15, -0.1) is 0 Å². The van der Waals surface area contributed by atoms with Crippen LogP contribution in [0.25, 0.3) is 21.3 Å². The summed E-state index contributed by atoms with van der Waals surface area (Å²) in [5.74, 6) is -1.36. The number of azide groups is 1. The van der Waals surface area contributed by atoms with Crippen molar-refractivity contribution >= 4 is 34.3 Å². The van der Waals surface area contributed by atoms with E-state index in [9.17, 15) is 19.2 Å². The standard InChI is InChI=1S/C34H48FN11O7/c1-23-21-53-32-29-24(19-26(35)30(32)45-14-12-43(3)13-15-45)31(49)25(20-46(23)29)33(50)38-9-16-51-17-18-52-22-28(48)44(10-4-7-39-42-36)11-5-27(47)37-8-6-34(2)40-41-34/h19-20,23H,4-18,21-22H2,1-3H3,(H,37,47)(H,38,50)/t23-/m0/s1. The summed E-state index contributed by atoms with van der Waals surface area (Å²) >= 11 is 0. The summed E-state index contributed by atoms with van der Waals surface area (Å²) in [5, 5.41) is 16.9. The van der Waals surface area contributed by atoms with Gasteiger partial charge in [0.1, 0.15) is 24.5 Å². The minimum Gasteiger partial charge on any atom is -0.487 e. The van der Waals surface area contributed by atoms with Gasteiger partial charge in [-0.2, -0.15) is 10.2 Å². The number of halogens is 1. The maximum absolute atomic E-state index is 15.6. The number of aromatic nitrogens is 1. The molecule has 1 saturated heterocycles. The number of carbonyl (C=O) groups excluding carboxylic acids is 3. The molecule has 1 aromatic heterocycles. The lowest BCUT2D eigenvalue weighted by atomic mass is 10.0. The van der Waals surface area contributed by atoms with Crippen LogP contribution in [0, 0.1) is 5.82 Å². The first-order valence-corrected chi connectivity index (χ1v) is 17.9. The maximum atomic E-state index is 15.6. The van der Waals surface area contributed by atoms with Crippen molar-refractivity contribution in [3.05, 3.63) is 44.3 Å². The molecule has 0 unspecified atom stereocenters. The van der Waals surface area contributed by atoms with Crippen LogP contribution in [0.3, 0.4) is 0 Å². The van der Waals surface area contributed by atoms with Crippen LogP contribution in [0.4, 0.5) is 10.1 Å². The molecule has 288 valence electrons. The van der Waals surface area contributed by atoms with Crippen LogP contribution in [-0.4, -0.2) is 137 Å². The lowest BCUT2D eigenvalue weighted by Gasteiger charge is -2.37. The highest BCUT2D eigenvalue weighted by Gasteiger charge is 2.33. The first-order chi connectivity index (χ1) is 25.5. The molecular weight excluding hydrogens is 693 g/mol. The molecule has 18 nitrogen and oxygen atoms in total. The van der Waals surface area contributed by atoms with Gasteiger partial charge >= 0.3 is 0 Å². The van der Waals surface area contributed by atoms with Gasteiger partial charge in [-0.1, -0.05) is 5.11 Å². The SMILES string of the molecule is C[C@H]1COc2c(N3CCN(C)CC3)c(F)cc3c(=O)c(C(=O)NCCOCCOCC(=O)N(CCCN=[N+]=[N-])CCC(=O)NCCC4(C)N=N4)cn1c23. The first kappa shape index (κ1) is 39.4. The molecule has 0 saturated carbocycles. The monoisotopic (exact) mass is 741 g/mol. The van der Waals surface area contributed by atoms with Crippen LogP contribution >= 0.6 is 0 Å². The number of hydrogen-bond acceptors (Lipinski definition) is 12. The molecule has 3 aliphatic rings. The fourth-order valence-electron chi connectivity index (χ4n) is 6.19. The van der Waals surface area contributed by atoms with E-state index in [1.807, 2.05) is 30.4 Å². The Labute approximate surface area is 306 Å². The Kier molecular flexibility index (Phi) is 13.6. The molecule has 3 amide bonds. The van der Waals surface area contributed by atoms with Gasteiger partial charge in [0.2, 0.25) is 17.2 Å². The molecule has 5 rings (SSSR count). The van der Waals surface area contributed by atoms with E-state index in [2.05, 4.69) is 35.8 Å². The van der Waals surface area contributed by atoms with E-state index >= 15 is 4.39 Å². The third kappa shape index (κ3) is 10.4. The molecule has 3 aliphatic heterocycles. The predicted octanol–water partition coefficient (Wildman–Crippen LogP) is 2.22. The van der Waals surface area contributed by atoms with Gasteiger partial charge in [0, 0.05) is 82.9 Å². The number of benzene rings is 1. The molecular formula is C34H48FN11O7. The Morgan fingerprint density at radius 3 is 2.62 bits per heavy atom. The second-order valence-electron chi connectivity index (χ2n) is 13.5. The van der Waals surface area contributed by atoms with Gasteiger partial charge < -0.3 is 44.1 Å². The lowest BCUT2D eigenvalue weighted by Crippen LogP contribution is -2.45. The molecule has 2 N–H and O–H groups in total.